The van der Waals surface area contributed by atoms with E-state index < -0.39 is 0 Å². The lowest BCUT2D eigenvalue weighted by atomic mass is 10.1. The number of anilines is 2. The highest BCUT2D eigenvalue weighted by Crippen LogP contribution is 2.36. The summed E-state index contributed by atoms with van der Waals surface area (Å²) in [7, 11) is 0. The molecule has 26 heavy (non-hydrogen) atoms. The second-order valence-electron chi connectivity index (χ2n) is 6.02. The maximum atomic E-state index is 12.2. The Hall–Kier alpha value is -2.50. The van der Waals surface area contributed by atoms with Crippen LogP contribution in [-0.2, 0) is 4.79 Å². The number of amides is 1. The van der Waals surface area contributed by atoms with Gasteiger partial charge in [0.15, 0.2) is 5.17 Å². The molecule has 1 heterocycles. The quantitative estimate of drug-likeness (QED) is 0.622. The van der Waals surface area contributed by atoms with E-state index in [9.17, 15) is 4.79 Å². The predicted molar refractivity (Wildman–Crippen MR) is 112 cm³/mol. The molecule has 0 saturated carbocycles. The maximum Gasteiger partial charge on any atom is 0.234 e. The van der Waals surface area contributed by atoms with Crippen molar-refractivity contribution in [1.29, 1.82) is 0 Å². The summed E-state index contributed by atoms with van der Waals surface area (Å²) < 4.78 is 0. The number of amidine groups is 1. The Balaban J connectivity index is 1.45. The minimum absolute atomic E-state index is 0.100. The summed E-state index contributed by atoms with van der Waals surface area (Å²) in [5, 5.41) is 9.78. The largest absolute Gasteiger partial charge is 0.334 e. The third kappa shape index (κ3) is 3.41. The van der Waals surface area contributed by atoms with Gasteiger partial charge < -0.3 is 10.6 Å². The van der Waals surface area contributed by atoms with E-state index in [0.29, 0.717) is 15.9 Å². The van der Waals surface area contributed by atoms with E-state index in [0.717, 1.165) is 27.7 Å². The van der Waals surface area contributed by atoms with E-state index in [1.54, 1.807) is 6.07 Å². The highest BCUT2D eigenvalue weighted by atomic mass is 35.5. The van der Waals surface area contributed by atoms with Gasteiger partial charge in [0, 0.05) is 16.1 Å². The molecule has 0 atom stereocenters. The molecule has 130 valence electrons. The summed E-state index contributed by atoms with van der Waals surface area (Å²) in [6.45, 7) is 1.93. The Labute approximate surface area is 160 Å². The Morgan fingerprint density at radius 2 is 2.00 bits per heavy atom. The average molecular weight is 382 g/mol. The number of carbonyl (C=O) groups excluding carboxylic acids is 1. The van der Waals surface area contributed by atoms with Gasteiger partial charge in [0.05, 0.1) is 17.1 Å². The van der Waals surface area contributed by atoms with Gasteiger partial charge in [0.25, 0.3) is 0 Å². The summed E-state index contributed by atoms with van der Waals surface area (Å²) in [4.78, 5) is 16.9. The molecule has 1 aliphatic heterocycles. The minimum Gasteiger partial charge on any atom is -0.334 e. The Bertz CT molecular complexity index is 1040. The van der Waals surface area contributed by atoms with E-state index in [-0.39, 0.29) is 11.7 Å². The summed E-state index contributed by atoms with van der Waals surface area (Å²) >= 11 is 7.47. The average Bonchev–Trinajstić information content (AvgIpc) is 2.64. The minimum atomic E-state index is -0.100. The molecule has 0 saturated heterocycles. The zero-order valence-electron chi connectivity index (χ0n) is 14.0. The van der Waals surface area contributed by atoms with Crippen LogP contribution >= 0.6 is 23.4 Å². The van der Waals surface area contributed by atoms with Crippen molar-refractivity contribution in [1.82, 2.24) is 0 Å². The van der Waals surface area contributed by atoms with Gasteiger partial charge in [0.1, 0.15) is 0 Å². The predicted octanol–water partition coefficient (Wildman–Crippen LogP) is 5.59. The van der Waals surface area contributed by atoms with Crippen molar-refractivity contribution in [3.8, 4) is 0 Å². The van der Waals surface area contributed by atoms with Crippen LogP contribution in [0.4, 0.5) is 17.1 Å². The highest BCUT2D eigenvalue weighted by Gasteiger charge is 2.15. The third-order valence-electron chi connectivity index (χ3n) is 4.14. The molecule has 4 nitrogen and oxygen atoms in total. The fourth-order valence-corrected chi connectivity index (χ4v) is 3.71. The molecule has 4 rings (SSSR count). The van der Waals surface area contributed by atoms with Crippen molar-refractivity contribution >= 4 is 62.3 Å². The second-order valence-corrected chi connectivity index (χ2v) is 7.39. The van der Waals surface area contributed by atoms with Gasteiger partial charge >= 0.3 is 0 Å². The molecule has 1 aliphatic rings. The molecule has 0 aliphatic carbocycles. The van der Waals surface area contributed by atoms with Gasteiger partial charge in [-0.15, -0.1) is 0 Å². The first-order chi connectivity index (χ1) is 12.6. The van der Waals surface area contributed by atoms with Crippen LogP contribution in [0.2, 0.25) is 5.02 Å². The number of hydrogen-bond donors (Lipinski definition) is 2. The standard InChI is InChI=1S/C20H16ClN3OS/c1-12-8-9-14(10-15(12)21)22-18(25)11-26-20-23-16-6-2-4-13-5-3-7-17(24-20)19(13)16/h2-10H,11H2,1H3,(H,22,25)(H,23,24). The number of thioether (sulfide) groups is 1. The van der Waals surface area contributed by atoms with Crippen LogP contribution in [0.5, 0.6) is 0 Å². The molecular formula is C20H16ClN3OS. The second kappa shape index (κ2) is 7.02. The van der Waals surface area contributed by atoms with Crippen LogP contribution in [-0.4, -0.2) is 16.8 Å². The molecule has 3 aromatic carbocycles. The SMILES string of the molecule is Cc1ccc(NC(=O)CSC2=Nc3cccc4cccc(c34)N2)cc1Cl. The van der Waals surface area contributed by atoms with Gasteiger partial charge in [-0.3, -0.25) is 4.79 Å². The molecule has 0 aromatic heterocycles. The normalized spacial score (nSPS) is 12.5. The summed E-state index contributed by atoms with van der Waals surface area (Å²) in [5.41, 5.74) is 3.61. The number of nitrogens with one attached hydrogen (secondary N) is 2. The topological polar surface area (TPSA) is 53.5 Å². The first-order valence-electron chi connectivity index (χ1n) is 8.16. The van der Waals surface area contributed by atoms with E-state index in [1.807, 2.05) is 43.3 Å². The monoisotopic (exact) mass is 381 g/mol. The molecule has 3 aromatic rings. The Kier molecular flexibility index (Phi) is 4.57. The van der Waals surface area contributed by atoms with E-state index in [4.69, 9.17) is 11.6 Å². The van der Waals surface area contributed by atoms with Crippen LogP contribution < -0.4 is 10.6 Å². The van der Waals surface area contributed by atoms with Gasteiger partial charge in [-0.05, 0) is 42.1 Å². The zero-order valence-corrected chi connectivity index (χ0v) is 15.6. The molecule has 0 bridgehead atoms. The number of hydrogen-bond acceptors (Lipinski definition) is 4. The zero-order chi connectivity index (χ0) is 18.1. The maximum absolute atomic E-state index is 12.2. The lowest BCUT2D eigenvalue weighted by Gasteiger charge is -2.18. The lowest BCUT2D eigenvalue weighted by Crippen LogP contribution is -2.18. The third-order valence-corrected chi connectivity index (χ3v) is 5.42. The number of nitrogens with zero attached hydrogens (tertiary/aromatic N) is 1. The molecule has 0 fully saturated rings. The lowest BCUT2D eigenvalue weighted by molar-refractivity contribution is -0.113. The molecule has 6 heteroatoms. The number of benzene rings is 3. The number of aryl methyl sites for hydroxylation is 1. The van der Waals surface area contributed by atoms with Crippen LogP contribution in [0, 0.1) is 6.92 Å². The van der Waals surface area contributed by atoms with Crippen LogP contribution in [0.25, 0.3) is 10.8 Å². The first-order valence-corrected chi connectivity index (χ1v) is 9.53. The van der Waals surface area contributed by atoms with Crippen molar-refractivity contribution in [2.75, 3.05) is 16.4 Å². The molecule has 2 N–H and O–H groups in total. The molecule has 1 amide bonds. The van der Waals surface area contributed by atoms with Crippen molar-refractivity contribution in [3.05, 3.63) is 65.2 Å². The summed E-state index contributed by atoms with van der Waals surface area (Å²) in [5.74, 6) is 0.159. The van der Waals surface area contributed by atoms with Crippen LogP contribution in [0.3, 0.4) is 0 Å². The molecule has 0 unspecified atom stereocenters. The van der Waals surface area contributed by atoms with Gasteiger partial charge in [0.2, 0.25) is 5.91 Å². The number of carbonyl (C=O) groups is 1. The molecule has 0 spiro atoms. The number of aliphatic imine (C=N–C) groups is 1. The van der Waals surface area contributed by atoms with E-state index in [2.05, 4.69) is 27.8 Å². The van der Waals surface area contributed by atoms with Crippen LogP contribution in [0.1, 0.15) is 5.56 Å². The Morgan fingerprint density at radius 1 is 1.19 bits per heavy atom. The smallest absolute Gasteiger partial charge is 0.234 e. The van der Waals surface area contributed by atoms with E-state index >= 15 is 0 Å². The number of rotatable bonds is 3. The van der Waals surface area contributed by atoms with Gasteiger partial charge in [-0.2, -0.15) is 0 Å². The molecule has 0 radical (unpaired) electrons. The van der Waals surface area contributed by atoms with Crippen molar-refractivity contribution < 1.29 is 4.79 Å². The van der Waals surface area contributed by atoms with E-state index in [1.165, 1.54) is 11.8 Å². The fourth-order valence-electron chi connectivity index (χ4n) is 2.84. The van der Waals surface area contributed by atoms with Crippen molar-refractivity contribution in [2.24, 2.45) is 4.99 Å². The van der Waals surface area contributed by atoms with Crippen LogP contribution in [0.15, 0.2) is 59.6 Å². The summed E-state index contributed by atoms with van der Waals surface area (Å²) in [6.07, 6.45) is 0. The Morgan fingerprint density at radius 3 is 2.81 bits per heavy atom. The summed E-state index contributed by atoms with van der Waals surface area (Å²) in [6, 6.07) is 17.6. The van der Waals surface area contributed by atoms with Crippen molar-refractivity contribution in [3.63, 3.8) is 0 Å². The molecular weight excluding hydrogens is 366 g/mol. The highest BCUT2D eigenvalue weighted by molar-refractivity contribution is 8.14. The van der Waals surface area contributed by atoms with Gasteiger partial charge in [-0.25, -0.2) is 4.99 Å². The van der Waals surface area contributed by atoms with Gasteiger partial charge in [-0.1, -0.05) is 53.7 Å². The first kappa shape index (κ1) is 16.9. The van der Waals surface area contributed by atoms with Crippen molar-refractivity contribution in [2.45, 2.75) is 6.92 Å². The number of halogens is 1. The fraction of sp³-hybridized carbons (Fsp3) is 0.100.